The fourth-order valence-electron chi connectivity index (χ4n) is 2.88. The first-order chi connectivity index (χ1) is 9.83. The molecular formula is C17H24N2O. The minimum atomic E-state index is 0.305. The first-order valence-electron chi connectivity index (χ1n) is 7.90. The molecule has 108 valence electrons. The molecule has 1 aliphatic heterocycles. The molecule has 1 heterocycles. The average molecular weight is 272 g/mol. The van der Waals surface area contributed by atoms with Crippen LogP contribution in [0, 0.1) is 0 Å². The van der Waals surface area contributed by atoms with E-state index in [-0.39, 0.29) is 0 Å². The third kappa shape index (κ3) is 3.60. The summed E-state index contributed by atoms with van der Waals surface area (Å²) in [6.45, 7) is 3.56. The Morgan fingerprint density at radius 1 is 1.15 bits per heavy atom. The SMILES string of the molecule is O=C(CCNCc1ccc(C2CC2)cc1)N1CCCC1. The normalized spacial score (nSPS) is 18.5. The van der Waals surface area contributed by atoms with Crippen LogP contribution in [0.4, 0.5) is 0 Å². The van der Waals surface area contributed by atoms with Gasteiger partial charge in [-0.25, -0.2) is 0 Å². The van der Waals surface area contributed by atoms with E-state index in [0.29, 0.717) is 12.3 Å². The fourth-order valence-corrected chi connectivity index (χ4v) is 2.88. The summed E-state index contributed by atoms with van der Waals surface area (Å²) in [7, 11) is 0. The molecule has 3 rings (SSSR count). The number of carbonyl (C=O) groups is 1. The first kappa shape index (κ1) is 13.6. The molecule has 0 bridgehead atoms. The summed E-state index contributed by atoms with van der Waals surface area (Å²) >= 11 is 0. The Balaban J connectivity index is 1.35. The molecule has 0 aromatic heterocycles. The second-order valence-corrected chi connectivity index (χ2v) is 6.03. The third-order valence-electron chi connectivity index (χ3n) is 4.33. The van der Waals surface area contributed by atoms with Crippen molar-refractivity contribution in [1.82, 2.24) is 10.2 Å². The molecule has 1 saturated carbocycles. The maximum absolute atomic E-state index is 11.9. The summed E-state index contributed by atoms with van der Waals surface area (Å²) in [6.07, 6.45) is 5.69. The topological polar surface area (TPSA) is 32.3 Å². The van der Waals surface area contributed by atoms with Crippen molar-refractivity contribution < 1.29 is 4.79 Å². The van der Waals surface area contributed by atoms with Gasteiger partial charge in [0.15, 0.2) is 0 Å². The molecule has 1 aliphatic carbocycles. The molecule has 2 aliphatic rings. The lowest BCUT2D eigenvalue weighted by Gasteiger charge is -2.15. The molecule has 1 N–H and O–H groups in total. The van der Waals surface area contributed by atoms with E-state index in [1.165, 1.54) is 36.8 Å². The van der Waals surface area contributed by atoms with Gasteiger partial charge in [-0.2, -0.15) is 0 Å². The largest absolute Gasteiger partial charge is 0.343 e. The highest BCUT2D eigenvalue weighted by atomic mass is 16.2. The molecule has 1 aromatic carbocycles. The van der Waals surface area contributed by atoms with Gasteiger partial charge in [0, 0.05) is 32.6 Å². The molecule has 0 atom stereocenters. The fraction of sp³-hybridized carbons (Fsp3) is 0.588. The van der Waals surface area contributed by atoms with Gasteiger partial charge in [-0.3, -0.25) is 4.79 Å². The predicted octanol–water partition coefficient (Wildman–Crippen LogP) is 2.67. The quantitative estimate of drug-likeness (QED) is 0.808. The minimum absolute atomic E-state index is 0.305. The van der Waals surface area contributed by atoms with Crippen molar-refractivity contribution >= 4 is 5.91 Å². The first-order valence-corrected chi connectivity index (χ1v) is 7.90. The molecule has 3 heteroatoms. The summed E-state index contributed by atoms with van der Waals surface area (Å²) in [5.41, 5.74) is 2.79. The monoisotopic (exact) mass is 272 g/mol. The van der Waals surface area contributed by atoms with Crippen molar-refractivity contribution in [2.45, 2.75) is 44.6 Å². The maximum Gasteiger partial charge on any atom is 0.223 e. The van der Waals surface area contributed by atoms with Gasteiger partial charge in [-0.1, -0.05) is 24.3 Å². The number of hydrogen-bond acceptors (Lipinski definition) is 2. The van der Waals surface area contributed by atoms with E-state index >= 15 is 0 Å². The Labute approximate surface area is 121 Å². The molecule has 1 aromatic rings. The summed E-state index contributed by atoms with van der Waals surface area (Å²) in [4.78, 5) is 13.9. The van der Waals surface area contributed by atoms with Crippen molar-refractivity contribution in [3.63, 3.8) is 0 Å². The van der Waals surface area contributed by atoms with Gasteiger partial charge in [0.2, 0.25) is 5.91 Å². The van der Waals surface area contributed by atoms with Crippen LogP contribution in [0.1, 0.15) is 49.1 Å². The molecule has 1 saturated heterocycles. The molecule has 0 spiro atoms. The van der Waals surface area contributed by atoms with Gasteiger partial charge in [-0.15, -0.1) is 0 Å². The maximum atomic E-state index is 11.9. The van der Waals surface area contributed by atoms with Crippen LogP contribution in [-0.2, 0) is 11.3 Å². The van der Waals surface area contributed by atoms with Gasteiger partial charge >= 0.3 is 0 Å². The zero-order valence-electron chi connectivity index (χ0n) is 12.1. The summed E-state index contributed by atoms with van der Waals surface area (Å²) in [5.74, 6) is 1.13. The number of nitrogens with one attached hydrogen (secondary N) is 1. The van der Waals surface area contributed by atoms with Gasteiger partial charge in [-0.05, 0) is 42.7 Å². The van der Waals surface area contributed by atoms with Gasteiger partial charge < -0.3 is 10.2 Å². The van der Waals surface area contributed by atoms with Crippen LogP contribution in [0.2, 0.25) is 0 Å². The van der Waals surface area contributed by atoms with E-state index in [4.69, 9.17) is 0 Å². The second-order valence-electron chi connectivity index (χ2n) is 6.03. The molecule has 0 unspecified atom stereocenters. The van der Waals surface area contributed by atoms with E-state index in [9.17, 15) is 4.79 Å². The van der Waals surface area contributed by atoms with E-state index in [1.807, 2.05) is 4.90 Å². The van der Waals surface area contributed by atoms with Crippen LogP contribution in [0.15, 0.2) is 24.3 Å². The second kappa shape index (κ2) is 6.40. The summed E-state index contributed by atoms with van der Waals surface area (Å²) < 4.78 is 0. The van der Waals surface area contributed by atoms with Crippen LogP contribution in [0.3, 0.4) is 0 Å². The van der Waals surface area contributed by atoms with Crippen molar-refractivity contribution in [3.8, 4) is 0 Å². The van der Waals surface area contributed by atoms with Crippen LogP contribution >= 0.6 is 0 Å². The van der Waals surface area contributed by atoms with E-state index < -0.39 is 0 Å². The average Bonchev–Trinajstić information content (AvgIpc) is 3.18. The zero-order chi connectivity index (χ0) is 13.8. The Morgan fingerprint density at radius 3 is 2.50 bits per heavy atom. The van der Waals surface area contributed by atoms with Gasteiger partial charge in [0.05, 0.1) is 0 Å². The standard InChI is InChI=1S/C17H24N2O/c20-17(19-11-1-2-12-19)9-10-18-13-14-3-5-15(6-4-14)16-7-8-16/h3-6,16,18H,1-2,7-13H2. The number of likely N-dealkylation sites (tertiary alicyclic amines) is 1. The van der Waals surface area contributed by atoms with Gasteiger partial charge in [0.1, 0.15) is 0 Å². The van der Waals surface area contributed by atoms with Crippen LogP contribution in [0.25, 0.3) is 0 Å². The van der Waals surface area contributed by atoms with Crippen molar-refractivity contribution in [1.29, 1.82) is 0 Å². The number of benzene rings is 1. The number of amides is 1. The highest BCUT2D eigenvalue weighted by molar-refractivity contribution is 5.76. The van der Waals surface area contributed by atoms with Crippen LogP contribution in [0.5, 0.6) is 0 Å². The molecule has 20 heavy (non-hydrogen) atoms. The van der Waals surface area contributed by atoms with E-state index in [1.54, 1.807) is 0 Å². The predicted molar refractivity (Wildman–Crippen MR) is 80.6 cm³/mol. The lowest BCUT2D eigenvalue weighted by atomic mass is 10.1. The molecule has 2 fully saturated rings. The van der Waals surface area contributed by atoms with E-state index in [0.717, 1.165) is 32.1 Å². The van der Waals surface area contributed by atoms with Crippen LogP contribution in [-0.4, -0.2) is 30.4 Å². The van der Waals surface area contributed by atoms with Gasteiger partial charge in [0.25, 0.3) is 0 Å². The Kier molecular flexibility index (Phi) is 4.36. The Morgan fingerprint density at radius 2 is 1.85 bits per heavy atom. The lowest BCUT2D eigenvalue weighted by molar-refractivity contribution is -0.130. The van der Waals surface area contributed by atoms with Crippen LogP contribution < -0.4 is 5.32 Å². The molecule has 3 nitrogen and oxygen atoms in total. The van der Waals surface area contributed by atoms with E-state index in [2.05, 4.69) is 29.6 Å². The van der Waals surface area contributed by atoms with Crippen molar-refractivity contribution in [3.05, 3.63) is 35.4 Å². The zero-order valence-corrected chi connectivity index (χ0v) is 12.1. The van der Waals surface area contributed by atoms with Crippen molar-refractivity contribution in [2.75, 3.05) is 19.6 Å². The smallest absolute Gasteiger partial charge is 0.223 e. The Hall–Kier alpha value is -1.35. The Bertz CT molecular complexity index is 445. The number of hydrogen-bond donors (Lipinski definition) is 1. The highest BCUT2D eigenvalue weighted by Gasteiger charge is 2.22. The molecular weight excluding hydrogens is 248 g/mol. The third-order valence-corrected chi connectivity index (χ3v) is 4.33. The number of carbonyl (C=O) groups excluding carboxylic acids is 1. The lowest BCUT2D eigenvalue weighted by Crippen LogP contribution is -2.30. The minimum Gasteiger partial charge on any atom is -0.343 e. The molecule has 1 amide bonds. The highest BCUT2D eigenvalue weighted by Crippen LogP contribution is 2.39. The number of rotatable bonds is 6. The molecule has 0 radical (unpaired) electrons. The summed E-state index contributed by atoms with van der Waals surface area (Å²) in [5, 5.41) is 3.37. The van der Waals surface area contributed by atoms with Crippen molar-refractivity contribution in [2.24, 2.45) is 0 Å². The summed E-state index contributed by atoms with van der Waals surface area (Å²) in [6, 6.07) is 8.93. The number of nitrogens with zero attached hydrogens (tertiary/aromatic N) is 1.